The fourth-order valence-corrected chi connectivity index (χ4v) is 4.15. The van der Waals surface area contributed by atoms with Crippen LogP contribution in [0.15, 0.2) is 24.3 Å². The molecule has 1 aromatic carbocycles. The summed E-state index contributed by atoms with van der Waals surface area (Å²) in [4.78, 5) is 20.2. The highest BCUT2D eigenvalue weighted by atomic mass is 35.5. The van der Waals surface area contributed by atoms with Gasteiger partial charge in [0.05, 0.1) is 5.69 Å². The number of halogens is 1. The molecule has 1 N–H and O–H groups in total. The molecule has 1 amide bonds. The van der Waals surface area contributed by atoms with Crippen molar-refractivity contribution in [1.29, 1.82) is 0 Å². The van der Waals surface area contributed by atoms with E-state index in [0.717, 1.165) is 47.1 Å². The number of nitrogens with one attached hydrogen (secondary N) is 1. The highest BCUT2D eigenvalue weighted by Crippen LogP contribution is 2.31. The van der Waals surface area contributed by atoms with Gasteiger partial charge in [-0.3, -0.25) is 4.79 Å². The molecule has 0 spiro atoms. The fourth-order valence-electron chi connectivity index (χ4n) is 2.99. The second kappa shape index (κ2) is 6.99. The summed E-state index contributed by atoms with van der Waals surface area (Å²) in [6, 6.07) is 7.85. The molecule has 23 heavy (non-hydrogen) atoms. The van der Waals surface area contributed by atoms with Crippen LogP contribution in [-0.2, 0) is 0 Å². The lowest BCUT2D eigenvalue weighted by atomic mass is 10.2. The Balaban J connectivity index is 1.85. The number of carbonyl (C=O) groups excluding carboxylic acids is 1. The average Bonchev–Trinajstić information content (AvgIpc) is 3.15. The largest absolute Gasteiger partial charge is 0.334 e. The van der Waals surface area contributed by atoms with Gasteiger partial charge in [0.15, 0.2) is 0 Å². The number of rotatable bonds is 4. The normalized spacial score (nSPS) is 17.7. The maximum atomic E-state index is 12.9. The molecule has 0 saturated carbocycles. The van der Waals surface area contributed by atoms with Crippen molar-refractivity contribution in [2.45, 2.75) is 25.8 Å². The highest BCUT2D eigenvalue weighted by Gasteiger charge is 2.31. The maximum absolute atomic E-state index is 12.9. The summed E-state index contributed by atoms with van der Waals surface area (Å²) in [5.41, 5.74) is 1.80. The number of hydrogen-bond donors (Lipinski definition) is 1. The molecular formula is C17H20ClN3OS. The highest BCUT2D eigenvalue weighted by molar-refractivity contribution is 7.17. The van der Waals surface area contributed by atoms with Crippen LogP contribution in [-0.4, -0.2) is 42.0 Å². The Hall–Kier alpha value is -1.43. The number of amides is 1. The van der Waals surface area contributed by atoms with Crippen molar-refractivity contribution in [3.05, 3.63) is 39.9 Å². The zero-order chi connectivity index (χ0) is 16.4. The Morgan fingerprint density at radius 3 is 2.87 bits per heavy atom. The van der Waals surface area contributed by atoms with Gasteiger partial charge in [-0.15, -0.1) is 11.3 Å². The first kappa shape index (κ1) is 16.4. The summed E-state index contributed by atoms with van der Waals surface area (Å²) in [5.74, 6) is 0.109. The summed E-state index contributed by atoms with van der Waals surface area (Å²) in [5, 5.41) is 4.75. The third-order valence-electron chi connectivity index (χ3n) is 4.16. The quantitative estimate of drug-likeness (QED) is 0.917. The zero-order valence-corrected chi connectivity index (χ0v) is 14.9. The molecule has 1 aliphatic rings. The second-order valence-corrected chi connectivity index (χ2v) is 7.23. The smallest absolute Gasteiger partial charge is 0.266 e. The molecule has 2 aromatic rings. The fraction of sp³-hybridized carbons (Fsp3) is 0.412. The summed E-state index contributed by atoms with van der Waals surface area (Å²) < 4.78 is 0. The van der Waals surface area contributed by atoms with Crippen LogP contribution in [0.3, 0.4) is 0 Å². The van der Waals surface area contributed by atoms with Crippen LogP contribution in [0.25, 0.3) is 10.6 Å². The molecule has 3 rings (SSSR count). The van der Waals surface area contributed by atoms with E-state index in [-0.39, 0.29) is 11.9 Å². The minimum Gasteiger partial charge on any atom is -0.334 e. The lowest BCUT2D eigenvalue weighted by Gasteiger charge is -2.24. The Morgan fingerprint density at radius 1 is 1.43 bits per heavy atom. The van der Waals surface area contributed by atoms with E-state index in [1.807, 2.05) is 43.1 Å². The van der Waals surface area contributed by atoms with Crippen molar-refractivity contribution in [3.63, 3.8) is 0 Å². The molecule has 6 heteroatoms. The van der Waals surface area contributed by atoms with Gasteiger partial charge in [-0.05, 0) is 38.9 Å². The number of benzene rings is 1. The number of carbonyl (C=O) groups is 1. The lowest BCUT2D eigenvalue weighted by Crippen LogP contribution is -2.40. The summed E-state index contributed by atoms with van der Waals surface area (Å²) >= 11 is 7.40. The minimum absolute atomic E-state index is 0.109. The van der Waals surface area contributed by atoms with Crippen LogP contribution in [0.5, 0.6) is 0 Å². The molecule has 1 fully saturated rings. The van der Waals surface area contributed by atoms with Crippen LogP contribution >= 0.6 is 22.9 Å². The molecule has 122 valence electrons. The van der Waals surface area contributed by atoms with E-state index < -0.39 is 0 Å². The molecule has 0 aliphatic carbocycles. The van der Waals surface area contributed by atoms with E-state index in [4.69, 9.17) is 11.6 Å². The van der Waals surface area contributed by atoms with E-state index in [1.54, 1.807) is 0 Å². The summed E-state index contributed by atoms with van der Waals surface area (Å²) in [7, 11) is 1.93. The molecule has 1 unspecified atom stereocenters. The van der Waals surface area contributed by atoms with Gasteiger partial charge in [-0.1, -0.05) is 23.7 Å². The Kier molecular flexibility index (Phi) is 4.99. The molecule has 1 aromatic heterocycles. The van der Waals surface area contributed by atoms with Crippen molar-refractivity contribution >= 4 is 28.8 Å². The van der Waals surface area contributed by atoms with Gasteiger partial charge in [0.2, 0.25) is 0 Å². The van der Waals surface area contributed by atoms with E-state index >= 15 is 0 Å². The Bertz CT molecular complexity index is 698. The Labute approximate surface area is 145 Å². The van der Waals surface area contributed by atoms with Gasteiger partial charge < -0.3 is 10.2 Å². The van der Waals surface area contributed by atoms with E-state index in [0.29, 0.717) is 5.02 Å². The van der Waals surface area contributed by atoms with Crippen LogP contribution in [0.1, 0.15) is 28.2 Å². The maximum Gasteiger partial charge on any atom is 0.266 e. The van der Waals surface area contributed by atoms with Crippen molar-refractivity contribution < 1.29 is 4.79 Å². The van der Waals surface area contributed by atoms with E-state index in [9.17, 15) is 4.79 Å². The van der Waals surface area contributed by atoms with Gasteiger partial charge in [-0.25, -0.2) is 4.98 Å². The van der Waals surface area contributed by atoms with Gasteiger partial charge >= 0.3 is 0 Å². The predicted octanol–water partition coefficient (Wildman–Crippen LogP) is 3.60. The zero-order valence-electron chi connectivity index (χ0n) is 13.3. The molecule has 0 bridgehead atoms. The molecule has 1 atom stereocenters. The molecule has 1 saturated heterocycles. The summed E-state index contributed by atoms with van der Waals surface area (Å²) in [6.45, 7) is 3.58. The van der Waals surface area contributed by atoms with E-state index in [2.05, 4.69) is 10.3 Å². The Morgan fingerprint density at radius 2 is 2.17 bits per heavy atom. The lowest BCUT2D eigenvalue weighted by molar-refractivity contribution is 0.0741. The molecule has 1 aliphatic heterocycles. The van der Waals surface area contributed by atoms with Crippen molar-refractivity contribution in [1.82, 2.24) is 15.2 Å². The number of nitrogens with zero attached hydrogens (tertiary/aromatic N) is 2. The van der Waals surface area contributed by atoms with Crippen LogP contribution in [0.2, 0.25) is 5.02 Å². The number of hydrogen-bond acceptors (Lipinski definition) is 4. The van der Waals surface area contributed by atoms with Gasteiger partial charge in [0.1, 0.15) is 9.88 Å². The van der Waals surface area contributed by atoms with Crippen LogP contribution in [0, 0.1) is 6.92 Å². The first-order valence-corrected chi connectivity index (χ1v) is 8.98. The molecule has 2 heterocycles. The average molecular weight is 350 g/mol. The summed E-state index contributed by atoms with van der Waals surface area (Å²) in [6.07, 6.45) is 2.13. The number of thiazole rings is 1. The third kappa shape index (κ3) is 3.42. The van der Waals surface area contributed by atoms with E-state index in [1.165, 1.54) is 11.3 Å². The SMILES string of the molecule is CNCC1CCCN1C(=O)c1sc(-c2ccc(Cl)cc2)nc1C. The monoisotopic (exact) mass is 349 g/mol. The second-order valence-electron chi connectivity index (χ2n) is 5.79. The topological polar surface area (TPSA) is 45.2 Å². The first-order chi connectivity index (χ1) is 11.1. The van der Waals surface area contributed by atoms with Gasteiger partial charge in [0, 0.05) is 29.7 Å². The van der Waals surface area contributed by atoms with Crippen molar-refractivity contribution in [2.24, 2.45) is 0 Å². The van der Waals surface area contributed by atoms with Gasteiger partial charge in [0.25, 0.3) is 5.91 Å². The van der Waals surface area contributed by atoms with Crippen LogP contribution in [0.4, 0.5) is 0 Å². The number of likely N-dealkylation sites (N-methyl/N-ethyl adjacent to an activating group) is 1. The van der Waals surface area contributed by atoms with Gasteiger partial charge in [-0.2, -0.15) is 0 Å². The van der Waals surface area contributed by atoms with Crippen LogP contribution < -0.4 is 5.32 Å². The minimum atomic E-state index is 0.109. The van der Waals surface area contributed by atoms with Crippen molar-refractivity contribution in [3.8, 4) is 10.6 Å². The number of aryl methyl sites for hydroxylation is 1. The number of likely N-dealkylation sites (tertiary alicyclic amines) is 1. The molecular weight excluding hydrogens is 330 g/mol. The standard InChI is InChI=1S/C17H20ClN3OS/c1-11-15(17(22)21-9-3-4-14(21)10-19-2)23-16(20-11)12-5-7-13(18)8-6-12/h5-8,14,19H,3-4,9-10H2,1-2H3. The van der Waals surface area contributed by atoms with Crippen molar-refractivity contribution in [2.75, 3.05) is 20.1 Å². The predicted molar refractivity (Wildman–Crippen MR) is 95.3 cm³/mol. The molecule has 0 radical (unpaired) electrons. The first-order valence-electron chi connectivity index (χ1n) is 7.79. The number of aromatic nitrogens is 1. The third-order valence-corrected chi connectivity index (χ3v) is 5.61. The molecule has 4 nitrogen and oxygen atoms in total.